The monoisotopic (exact) mass is 487 g/mol. The lowest BCUT2D eigenvalue weighted by Gasteiger charge is -2.30. The summed E-state index contributed by atoms with van der Waals surface area (Å²) in [7, 11) is 0. The van der Waals surface area contributed by atoms with Gasteiger partial charge in [0.2, 0.25) is 0 Å². The van der Waals surface area contributed by atoms with Crippen molar-refractivity contribution in [3.05, 3.63) is 106 Å². The second kappa shape index (κ2) is 11.6. The van der Waals surface area contributed by atoms with Crippen molar-refractivity contribution in [2.24, 2.45) is 0 Å². The molecule has 1 N–H and O–H groups in total. The van der Waals surface area contributed by atoms with Crippen LogP contribution in [0.4, 0.5) is 0 Å². The highest BCUT2D eigenvalue weighted by atomic mass is 35.5. The number of hydrogen-bond donors (Lipinski definition) is 1. The molecule has 0 aliphatic carbocycles. The van der Waals surface area contributed by atoms with Crippen LogP contribution in [-0.4, -0.2) is 19.6 Å². The predicted octanol–water partition coefficient (Wildman–Crippen LogP) is 7.78. The van der Waals surface area contributed by atoms with Gasteiger partial charge in [-0.2, -0.15) is 0 Å². The number of phenols is 1. The van der Waals surface area contributed by atoms with Gasteiger partial charge < -0.3 is 9.67 Å². The molecule has 1 heterocycles. The summed E-state index contributed by atoms with van der Waals surface area (Å²) >= 11 is 6.52. The molecule has 0 fully saturated rings. The van der Waals surface area contributed by atoms with E-state index < -0.39 is 0 Å². The van der Waals surface area contributed by atoms with Gasteiger partial charge in [0.05, 0.1) is 11.9 Å². The van der Waals surface area contributed by atoms with Crippen LogP contribution in [-0.2, 0) is 19.6 Å². The summed E-state index contributed by atoms with van der Waals surface area (Å²) in [6.07, 6.45) is 4.25. The molecule has 4 rings (SSSR count). The fourth-order valence-corrected chi connectivity index (χ4v) is 4.74. The third-order valence-corrected chi connectivity index (χ3v) is 6.86. The number of rotatable bonds is 10. The molecule has 4 nitrogen and oxygen atoms in total. The van der Waals surface area contributed by atoms with Crippen LogP contribution in [0.15, 0.2) is 79.0 Å². The molecule has 0 spiro atoms. The minimum absolute atomic E-state index is 0.1000. The van der Waals surface area contributed by atoms with Gasteiger partial charge in [0.25, 0.3) is 0 Å². The van der Waals surface area contributed by atoms with Gasteiger partial charge in [-0.3, -0.25) is 4.90 Å². The highest BCUT2D eigenvalue weighted by Gasteiger charge is 2.23. The second-order valence-electron chi connectivity index (χ2n) is 9.22. The Kier molecular flexibility index (Phi) is 8.27. The molecular formula is C30H34ClN3O. The summed E-state index contributed by atoms with van der Waals surface area (Å²) in [5.74, 6) is 1.20. The van der Waals surface area contributed by atoms with E-state index in [0.29, 0.717) is 11.6 Å². The number of aromatic hydroxyl groups is 1. The third kappa shape index (κ3) is 6.14. The molecule has 1 aromatic heterocycles. The molecule has 0 saturated carbocycles. The largest absolute Gasteiger partial charge is 0.508 e. The summed E-state index contributed by atoms with van der Waals surface area (Å²) in [5, 5.41) is 10.4. The maximum atomic E-state index is 9.83. The molecule has 0 aliphatic heterocycles. The van der Waals surface area contributed by atoms with E-state index in [1.165, 1.54) is 16.8 Å². The van der Waals surface area contributed by atoms with E-state index >= 15 is 0 Å². The van der Waals surface area contributed by atoms with Crippen molar-refractivity contribution in [1.82, 2.24) is 14.5 Å². The van der Waals surface area contributed by atoms with Crippen LogP contribution in [0.5, 0.6) is 5.75 Å². The van der Waals surface area contributed by atoms with E-state index in [9.17, 15) is 5.11 Å². The SMILES string of the molecule is CCCCn1c(C(C)N(Cc2ccccc2)Cc2ccc(O)cc2Cl)cnc1-c1cccc(C)c1. The molecule has 0 bridgehead atoms. The fourth-order valence-electron chi connectivity index (χ4n) is 4.51. The molecule has 5 heteroatoms. The minimum Gasteiger partial charge on any atom is -0.508 e. The average Bonchev–Trinajstić information content (AvgIpc) is 3.28. The molecule has 0 radical (unpaired) electrons. The van der Waals surface area contributed by atoms with Crippen molar-refractivity contribution in [3.63, 3.8) is 0 Å². The van der Waals surface area contributed by atoms with Crippen LogP contribution in [0.1, 0.15) is 55.1 Å². The first-order valence-electron chi connectivity index (χ1n) is 12.3. The summed E-state index contributed by atoms with van der Waals surface area (Å²) in [6, 6.07) is 24.4. The van der Waals surface area contributed by atoms with Crippen LogP contribution in [0.25, 0.3) is 11.4 Å². The minimum atomic E-state index is 0.1000. The Morgan fingerprint density at radius 3 is 2.51 bits per heavy atom. The van der Waals surface area contributed by atoms with Gasteiger partial charge in [-0.1, -0.05) is 85.1 Å². The maximum Gasteiger partial charge on any atom is 0.140 e. The summed E-state index contributed by atoms with van der Waals surface area (Å²) < 4.78 is 2.39. The zero-order valence-corrected chi connectivity index (χ0v) is 21.5. The Bertz CT molecular complexity index is 1250. The quantitative estimate of drug-likeness (QED) is 0.248. The number of phenolic OH excluding ortho intramolecular Hbond substituents is 1. The van der Waals surface area contributed by atoms with Crippen LogP contribution in [0, 0.1) is 6.92 Å². The number of halogens is 1. The molecule has 35 heavy (non-hydrogen) atoms. The normalized spacial score (nSPS) is 12.3. The first-order valence-corrected chi connectivity index (χ1v) is 12.7. The number of aryl methyl sites for hydroxylation is 1. The van der Waals surface area contributed by atoms with Crippen molar-refractivity contribution in [2.75, 3.05) is 0 Å². The number of hydrogen-bond acceptors (Lipinski definition) is 3. The Hall–Kier alpha value is -3.08. The van der Waals surface area contributed by atoms with Crippen molar-refractivity contribution in [3.8, 4) is 17.1 Å². The van der Waals surface area contributed by atoms with Gasteiger partial charge in [-0.25, -0.2) is 4.98 Å². The smallest absolute Gasteiger partial charge is 0.140 e. The zero-order valence-electron chi connectivity index (χ0n) is 20.8. The lowest BCUT2D eigenvalue weighted by Crippen LogP contribution is -2.28. The van der Waals surface area contributed by atoms with E-state index in [2.05, 4.69) is 78.8 Å². The van der Waals surface area contributed by atoms with E-state index in [1.807, 2.05) is 18.3 Å². The zero-order chi connectivity index (χ0) is 24.8. The Morgan fingerprint density at radius 1 is 1.00 bits per heavy atom. The first kappa shape index (κ1) is 25.0. The number of unbranched alkanes of at least 4 members (excludes halogenated alkanes) is 1. The standard InChI is InChI=1S/C30H34ClN3O/c1-4-5-16-34-29(19-32-30(34)25-13-9-10-22(2)17-25)23(3)33(20-24-11-7-6-8-12-24)21-26-14-15-27(35)18-28(26)31/h6-15,17-19,23,35H,4-5,16,20-21H2,1-3H3. The third-order valence-electron chi connectivity index (χ3n) is 6.51. The number of imidazole rings is 1. The molecule has 4 aromatic rings. The Labute approximate surface area is 213 Å². The summed E-state index contributed by atoms with van der Waals surface area (Å²) in [4.78, 5) is 7.33. The maximum absolute atomic E-state index is 9.83. The lowest BCUT2D eigenvalue weighted by atomic mass is 10.1. The second-order valence-corrected chi connectivity index (χ2v) is 9.63. The first-order chi connectivity index (χ1) is 17.0. The van der Waals surface area contributed by atoms with Gasteiger partial charge in [0.1, 0.15) is 11.6 Å². The van der Waals surface area contributed by atoms with Crippen molar-refractivity contribution in [2.45, 2.75) is 59.3 Å². The van der Waals surface area contributed by atoms with Gasteiger partial charge in [0, 0.05) is 36.3 Å². The van der Waals surface area contributed by atoms with E-state index in [-0.39, 0.29) is 11.8 Å². The predicted molar refractivity (Wildman–Crippen MR) is 145 cm³/mol. The Morgan fingerprint density at radius 2 is 1.80 bits per heavy atom. The van der Waals surface area contributed by atoms with E-state index in [0.717, 1.165) is 42.9 Å². The van der Waals surface area contributed by atoms with Crippen LogP contribution in [0.3, 0.4) is 0 Å². The van der Waals surface area contributed by atoms with E-state index in [1.54, 1.807) is 12.1 Å². The Balaban J connectivity index is 1.72. The molecule has 182 valence electrons. The van der Waals surface area contributed by atoms with E-state index in [4.69, 9.17) is 16.6 Å². The summed E-state index contributed by atoms with van der Waals surface area (Å²) in [5.41, 5.74) is 5.81. The van der Waals surface area contributed by atoms with Crippen molar-refractivity contribution >= 4 is 11.6 Å². The average molecular weight is 488 g/mol. The van der Waals surface area contributed by atoms with Gasteiger partial charge >= 0.3 is 0 Å². The molecule has 0 aliphatic rings. The van der Waals surface area contributed by atoms with Crippen LogP contribution >= 0.6 is 11.6 Å². The molecule has 1 unspecified atom stereocenters. The molecule has 1 atom stereocenters. The summed E-state index contributed by atoms with van der Waals surface area (Å²) in [6.45, 7) is 8.96. The lowest BCUT2D eigenvalue weighted by molar-refractivity contribution is 0.185. The van der Waals surface area contributed by atoms with Crippen LogP contribution < -0.4 is 0 Å². The van der Waals surface area contributed by atoms with Gasteiger partial charge in [0.15, 0.2) is 0 Å². The van der Waals surface area contributed by atoms with Crippen LogP contribution in [0.2, 0.25) is 5.02 Å². The highest BCUT2D eigenvalue weighted by molar-refractivity contribution is 6.31. The molecule has 0 amide bonds. The topological polar surface area (TPSA) is 41.3 Å². The highest BCUT2D eigenvalue weighted by Crippen LogP contribution is 2.31. The molecule has 0 saturated heterocycles. The van der Waals surface area contributed by atoms with Gasteiger partial charge in [-0.05, 0) is 49.6 Å². The van der Waals surface area contributed by atoms with Crippen molar-refractivity contribution < 1.29 is 5.11 Å². The van der Waals surface area contributed by atoms with Gasteiger partial charge in [-0.15, -0.1) is 0 Å². The molecule has 3 aromatic carbocycles. The van der Waals surface area contributed by atoms with Crippen molar-refractivity contribution in [1.29, 1.82) is 0 Å². The number of aromatic nitrogens is 2. The number of benzene rings is 3. The number of nitrogens with zero attached hydrogens (tertiary/aromatic N) is 3. The fraction of sp³-hybridized carbons (Fsp3) is 0.300. The molecular weight excluding hydrogens is 454 g/mol.